The van der Waals surface area contributed by atoms with Gasteiger partial charge in [0.25, 0.3) is 5.91 Å². The smallest absolute Gasteiger partial charge is 0.266 e. The zero-order valence-corrected chi connectivity index (χ0v) is 16.0. The maximum Gasteiger partial charge on any atom is 0.266 e. The number of pyridine rings is 1. The summed E-state index contributed by atoms with van der Waals surface area (Å²) in [6, 6.07) is 10.8. The van der Waals surface area contributed by atoms with Gasteiger partial charge in [-0.1, -0.05) is 35.3 Å². The predicted octanol–water partition coefficient (Wildman–Crippen LogP) is 5.32. The molecule has 0 radical (unpaired) electrons. The summed E-state index contributed by atoms with van der Waals surface area (Å²) in [6.45, 7) is 4.35. The van der Waals surface area contributed by atoms with E-state index in [1.165, 1.54) is 11.8 Å². The Morgan fingerprint density at radius 2 is 2.08 bits per heavy atom. The molecule has 0 saturated carbocycles. The highest BCUT2D eigenvalue weighted by atomic mass is 35.5. The quantitative estimate of drug-likeness (QED) is 0.664. The van der Waals surface area contributed by atoms with E-state index in [-0.39, 0.29) is 5.91 Å². The van der Waals surface area contributed by atoms with E-state index in [0.717, 1.165) is 11.3 Å². The van der Waals surface area contributed by atoms with Gasteiger partial charge in [-0.25, -0.2) is 9.98 Å². The van der Waals surface area contributed by atoms with Crippen molar-refractivity contribution in [2.45, 2.75) is 13.8 Å². The molecule has 4 nitrogen and oxygen atoms in total. The second-order valence-corrected chi connectivity index (χ2v) is 7.21. The average Bonchev–Trinajstić information content (AvgIpc) is 2.85. The summed E-state index contributed by atoms with van der Waals surface area (Å²) in [4.78, 5) is 23.7. The Balaban J connectivity index is 1.96. The number of aryl methyl sites for hydroxylation is 1. The summed E-state index contributed by atoms with van der Waals surface area (Å²) < 4.78 is 0. The first-order chi connectivity index (χ1) is 12.0. The van der Waals surface area contributed by atoms with Gasteiger partial charge in [0.2, 0.25) is 0 Å². The molecule has 25 heavy (non-hydrogen) atoms. The molecule has 1 saturated heterocycles. The molecule has 0 aliphatic carbocycles. The van der Waals surface area contributed by atoms with Crippen LogP contribution in [0.5, 0.6) is 0 Å². The van der Waals surface area contributed by atoms with Gasteiger partial charge in [0.05, 0.1) is 4.91 Å². The number of likely N-dealkylation sites (N-methyl/N-ethyl adjacent to an activating group) is 1. The van der Waals surface area contributed by atoms with Crippen LogP contribution in [0.2, 0.25) is 10.0 Å². The monoisotopic (exact) mass is 391 g/mol. The number of carbonyl (C=O) groups is 1. The lowest BCUT2D eigenvalue weighted by molar-refractivity contribution is -0.122. The summed E-state index contributed by atoms with van der Waals surface area (Å²) >= 11 is 13.4. The van der Waals surface area contributed by atoms with Crippen LogP contribution in [0.25, 0.3) is 6.08 Å². The average molecular weight is 392 g/mol. The molecule has 1 amide bonds. The number of hydrogen-bond acceptors (Lipinski definition) is 4. The third kappa shape index (κ3) is 4.06. The number of amidine groups is 1. The van der Waals surface area contributed by atoms with Gasteiger partial charge < -0.3 is 0 Å². The molecule has 0 N–H and O–H groups in total. The molecule has 0 unspecified atom stereocenters. The van der Waals surface area contributed by atoms with Crippen LogP contribution in [0.15, 0.2) is 46.3 Å². The van der Waals surface area contributed by atoms with Crippen molar-refractivity contribution in [1.29, 1.82) is 0 Å². The molecule has 1 aromatic carbocycles. The number of nitrogens with zero attached hydrogens (tertiary/aromatic N) is 3. The summed E-state index contributed by atoms with van der Waals surface area (Å²) in [5, 5.41) is 1.67. The molecule has 3 rings (SSSR count). The summed E-state index contributed by atoms with van der Waals surface area (Å²) in [6.07, 6.45) is 1.76. The molecule has 2 heterocycles. The molecule has 1 aromatic heterocycles. The number of aliphatic imine (C=N–C) groups is 1. The highest BCUT2D eigenvalue weighted by Gasteiger charge is 2.32. The first kappa shape index (κ1) is 18.0. The maximum absolute atomic E-state index is 12.7. The van der Waals surface area contributed by atoms with Crippen molar-refractivity contribution in [3.05, 3.63) is 62.6 Å². The molecule has 0 atom stereocenters. The minimum Gasteiger partial charge on any atom is -0.287 e. The lowest BCUT2D eigenvalue weighted by Crippen LogP contribution is -2.28. The number of aromatic nitrogens is 1. The second kappa shape index (κ2) is 7.60. The van der Waals surface area contributed by atoms with E-state index in [0.29, 0.717) is 32.5 Å². The van der Waals surface area contributed by atoms with Gasteiger partial charge in [-0.2, -0.15) is 0 Å². The van der Waals surface area contributed by atoms with Crippen molar-refractivity contribution in [2.75, 3.05) is 6.54 Å². The van der Waals surface area contributed by atoms with Crippen molar-refractivity contribution in [1.82, 2.24) is 9.88 Å². The van der Waals surface area contributed by atoms with Crippen LogP contribution in [0.1, 0.15) is 18.2 Å². The standard InChI is InChI=1S/C18H15Cl2N3OS/c1-3-23-17(24)15(9-12-7-8-13(19)10-14(12)20)25-18(23)22-16-6-4-5-11(2)21-16/h4-10H,3H2,1-2H3/b15-9-,22-18+. The molecular formula is C18H15Cl2N3OS. The molecule has 7 heteroatoms. The number of amides is 1. The fourth-order valence-electron chi connectivity index (χ4n) is 2.32. The number of hydrogen-bond donors (Lipinski definition) is 0. The van der Waals surface area contributed by atoms with Crippen LogP contribution in [-0.2, 0) is 4.79 Å². The largest absolute Gasteiger partial charge is 0.287 e. The topological polar surface area (TPSA) is 45.6 Å². The highest BCUT2D eigenvalue weighted by molar-refractivity contribution is 8.18. The van der Waals surface area contributed by atoms with E-state index in [1.807, 2.05) is 32.0 Å². The van der Waals surface area contributed by atoms with Gasteiger partial charge in [0.1, 0.15) is 0 Å². The molecule has 1 fully saturated rings. The Morgan fingerprint density at radius 3 is 2.76 bits per heavy atom. The Morgan fingerprint density at radius 1 is 1.28 bits per heavy atom. The number of rotatable bonds is 3. The fraction of sp³-hybridized carbons (Fsp3) is 0.167. The van der Waals surface area contributed by atoms with Gasteiger partial charge in [-0.3, -0.25) is 9.69 Å². The molecule has 0 bridgehead atoms. The van der Waals surface area contributed by atoms with Gasteiger partial charge in [-0.15, -0.1) is 0 Å². The SMILES string of the molecule is CCN1C(=O)/C(=C/c2ccc(Cl)cc2Cl)S/C1=N/c1cccc(C)n1. The van der Waals surface area contributed by atoms with Crippen molar-refractivity contribution < 1.29 is 4.79 Å². The van der Waals surface area contributed by atoms with E-state index in [2.05, 4.69) is 9.98 Å². The van der Waals surface area contributed by atoms with Crippen LogP contribution >= 0.6 is 35.0 Å². The maximum atomic E-state index is 12.7. The zero-order valence-electron chi connectivity index (χ0n) is 13.7. The van der Waals surface area contributed by atoms with Gasteiger partial charge in [0, 0.05) is 22.3 Å². The Labute approximate surface area is 160 Å². The van der Waals surface area contributed by atoms with Gasteiger partial charge in [-0.05, 0) is 61.5 Å². The number of carbonyl (C=O) groups excluding carboxylic acids is 1. The number of halogens is 2. The summed E-state index contributed by atoms with van der Waals surface area (Å²) in [7, 11) is 0. The molecule has 1 aliphatic heterocycles. The van der Waals surface area contributed by atoms with Gasteiger partial charge >= 0.3 is 0 Å². The van der Waals surface area contributed by atoms with Crippen LogP contribution in [0.4, 0.5) is 5.82 Å². The first-order valence-corrected chi connectivity index (χ1v) is 9.24. The van der Waals surface area contributed by atoms with Crippen LogP contribution in [-0.4, -0.2) is 27.5 Å². The van der Waals surface area contributed by atoms with Crippen LogP contribution in [0.3, 0.4) is 0 Å². The predicted molar refractivity (Wildman–Crippen MR) is 105 cm³/mol. The number of thioether (sulfide) groups is 1. The fourth-order valence-corrected chi connectivity index (χ4v) is 3.82. The molecule has 1 aliphatic rings. The summed E-state index contributed by atoms with van der Waals surface area (Å²) in [5.74, 6) is 0.490. The van der Waals surface area contributed by atoms with E-state index >= 15 is 0 Å². The molecule has 0 spiro atoms. The first-order valence-electron chi connectivity index (χ1n) is 7.66. The molecule has 2 aromatic rings. The second-order valence-electron chi connectivity index (χ2n) is 5.36. The van der Waals surface area contributed by atoms with Crippen molar-refractivity contribution in [3.63, 3.8) is 0 Å². The van der Waals surface area contributed by atoms with E-state index < -0.39 is 0 Å². The highest BCUT2D eigenvalue weighted by Crippen LogP contribution is 2.35. The third-order valence-corrected chi connectivity index (χ3v) is 5.11. The molecule has 128 valence electrons. The van der Waals surface area contributed by atoms with Crippen LogP contribution in [0, 0.1) is 6.92 Å². The normalized spacial score (nSPS) is 17.8. The van der Waals surface area contributed by atoms with Crippen molar-refractivity contribution >= 4 is 57.9 Å². The minimum atomic E-state index is -0.0927. The Kier molecular flexibility index (Phi) is 5.47. The lowest BCUT2D eigenvalue weighted by Gasteiger charge is -2.11. The number of benzene rings is 1. The Hall–Kier alpha value is -1.82. The van der Waals surface area contributed by atoms with Crippen molar-refractivity contribution in [2.24, 2.45) is 4.99 Å². The zero-order chi connectivity index (χ0) is 18.0. The lowest BCUT2D eigenvalue weighted by atomic mass is 10.2. The third-order valence-electron chi connectivity index (χ3n) is 3.54. The van der Waals surface area contributed by atoms with E-state index in [1.54, 1.807) is 29.2 Å². The van der Waals surface area contributed by atoms with E-state index in [9.17, 15) is 4.79 Å². The van der Waals surface area contributed by atoms with Crippen LogP contribution < -0.4 is 0 Å². The van der Waals surface area contributed by atoms with E-state index in [4.69, 9.17) is 23.2 Å². The van der Waals surface area contributed by atoms with Crippen molar-refractivity contribution in [3.8, 4) is 0 Å². The van der Waals surface area contributed by atoms with Gasteiger partial charge in [0.15, 0.2) is 11.0 Å². The summed E-state index contributed by atoms with van der Waals surface area (Å²) in [5.41, 5.74) is 1.62. The minimum absolute atomic E-state index is 0.0927. The molecular weight excluding hydrogens is 377 g/mol. The Bertz CT molecular complexity index is 896.